The molecule has 2 amide bonds. The van der Waals surface area contributed by atoms with Crippen molar-refractivity contribution in [2.24, 2.45) is 5.73 Å². The van der Waals surface area contributed by atoms with E-state index in [1.807, 2.05) is 30.3 Å². The van der Waals surface area contributed by atoms with Crippen molar-refractivity contribution in [2.75, 3.05) is 5.32 Å². The second kappa shape index (κ2) is 7.79. The van der Waals surface area contributed by atoms with Crippen molar-refractivity contribution in [3.63, 3.8) is 0 Å². The molecule has 6 nitrogen and oxygen atoms in total. The average Bonchev–Trinajstić information content (AvgIpc) is 3.02. The van der Waals surface area contributed by atoms with Crippen LogP contribution in [0.25, 0.3) is 0 Å². The lowest BCUT2D eigenvalue weighted by atomic mass is 10.2. The van der Waals surface area contributed by atoms with E-state index in [0.29, 0.717) is 28.4 Å². The Morgan fingerprint density at radius 1 is 1.12 bits per heavy atom. The van der Waals surface area contributed by atoms with Crippen molar-refractivity contribution in [1.82, 2.24) is 4.98 Å². The highest BCUT2D eigenvalue weighted by Gasteiger charge is 2.16. The van der Waals surface area contributed by atoms with Gasteiger partial charge in [0.2, 0.25) is 5.91 Å². The summed E-state index contributed by atoms with van der Waals surface area (Å²) in [5.41, 5.74) is 6.82. The number of ether oxygens (including phenoxy) is 1. The number of rotatable bonds is 6. The molecule has 0 aliphatic carbocycles. The van der Waals surface area contributed by atoms with Crippen molar-refractivity contribution in [1.29, 1.82) is 0 Å². The quantitative estimate of drug-likeness (QED) is 0.698. The molecule has 0 aliphatic heterocycles. The number of thiazole rings is 1. The Labute approximate surface area is 154 Å². The van der Waals surface area contributed by atoms with Crippen LogP contribution in [0.4, 0.5) is 5.69 Å². The summed E-state index contributed by atoms with van der Waals surface area (Å²) in [7, 11) is 0. The lowest BCUT2D eigenvalue weighted by molar-refractivity contribution is 0.0998. The van der Waals surface area contributed by atoms with Gasteiger partial charge in [-0.2, -0.15) is 0 Å². The third-order valence-electron chi connectivity index (χ3n) is 3.58. The molecule has 0 saturated heterocycles. The summed E-state index contributed by atoms with van der Waals surface area (Å²) in [6.07, 6.45) is 0. The Kier molecular flexibility index (Phi) is 5.28. The van der Waals surface area contributed by atoms with Crippen LogP contribution in [0.5, 0.6) is 5.75 Å². The molecule has 1 heterocycles. The van der Waals surface area contributed by atoms with E-state index in [1.54, 1.807) is 31.2 Å². The standard InChI is InChI=1S/C19H17N3O3S/c1-12-17(19(24)22-14-9-7-13(8-10-14)18(20)23)26-16(21-12)11-25-15-5-3-2-4-6-15/h2-10H,11H2,1H3,(H2,20,23)(H,22,24). The highest BCUT2D eigenvalue weighted by Crippen LogP contribution is 2.22. The zero-order valence-corrected chi connectivity index (χ0v) is 14.9. The number of para-hydroxylation sites is 1. The first-order valence-electron chi connectivity index (χ1n) is 7.88. The number of primary amides is 1. The summed E-state index contributed by atoms with van der Waals surface area (Å²) in [6, 6.07) is 15.8. The SMILES string of the molecule is Cc1nc(COc2ccccc2)sc1C(=O)Nc1ccc(C(N)=O)cc1. The number of nitrogens with one attached hydrogen (secondary N) is 1. The van der Waals surface area contributed by atoms with E-state index in [1.165, 1.54) is 11.3 Å². The van der Waals surface area contributed by atoms with Gasteiger partial charge in [-0.3, -0.25) is 9.59 Å². The predicted molar refractivity (Wildman–Crippen MR) is 101 cm³/mol. The van der Waals surface area contributed by atoms with Crippen LogP contribution in [0.15, 0.2) is 54.6 Å². The van der Waals surface area contributed by atoms with E-state index >= 15 is 0 Å². The summed E-state index contributed by atoms with van der Waals surface area (Å²) in [5, 5.41) is 3.51. The maximum absolute atomic E-state index is 12.5. The summed E-state index contributed by atoms with van der Waals surface area (Å²) in [4.78, 5) is 28.5. The monoisotopic (exact) mass is 367 g/mol. The number of aryl methyl sites for hydroxylation is 1. The molecule has 2 aromatic carbocycles. The zero-order chi connectivity index (χ0) is 18.5. The molecule has 1 aromatic heterocycles. The molecule has 0 aliphatic rings. The molecule has 0 bridgehead atoms. The zero-order valence-electron chi connectivity index (χ0n) is 14.1. The molecule has 0 saturated carbocycles. The number of anilines is 1. The fraction of sp³-hybridized carbons (Fsp3) is 0.105. The molecule has 0 spiro atoms. The molecule has 26 heavy (non-hydrogen) atoms. The molecule has 0 atom stereocenters. The summed E-state index contributed by atoms with van der Waals surface area (Å²) >= 11 is 1.29. The largest absolute Gasteiger partial charge is 0.486 e. The Hall–Kier alpha value is -3.19. The molecule has 7 heteroatoms. The van der Waals surface area contributed by atoms with E-state index in [2.05, 4.69) is 10.3 Å². The van der Waals surface area contributed by atoms with Crippen LogP contribution in [-0.4, -0.2) is 16.8 Å². The Balaban J connectivity index is 1.66. The number of benzene rings is 2. The van der Waals surface area contributed by atoms with Gasteiger partial charge in [0.1, 0.15) is 22.2 Å². The van der Waals surface area contributed by atoms with Gasteiger partial charge in [-0.05, 0) is 43.3 Å². The van der Waals surface area contributed by atoms with Crippen LogP contribution >= 0.6 is 11.3 Å². The Bertz CT molecular complexity index is 921. The van der Waals surface area contributed by atoms with E-state index in [4.69, 9.17) is 10.5 Å². The van der Waals surface area contributed by atoms with Crippen molar-refractivity contribution in [3.05, 3.63) is 75.7 Å². The van der Waals surface area contributed by atoms with Gasteiger partial charge in [0, 0.05) is 11.3 Å². The van der Waals surface area contributed by atoms with Crippen molar-refractivity contribution < 1.29 is 14.3 Å². The molecule has 0 radical (unpaired) electrons. The molecule has 0 fully saturated rings. The first-order chi connectivity index (χ1) is 12.5. The van der Waals surface area contributed by atoms with E-state index in [9.17, 15) is 9.59 Å². The van der Waals surface area contributed by atoms with Crippen LogP contribution in [0.1, 0.15) is 30.7 Å². The normalized spacial score (nSPS) is 10.3. The van der Waals surface area contributed by atoms with E-state index in [-0.39, 0.29) is 5.91 Å². The fourth-order valence-electron chi connectivity index (χ4n) is 2.29. The third-order valence-corrected chi connectivity index (χ3v) is 4.71. The number of hydrogen-bond acceptors (Lipinski definition) is 5. The lowest BCUT2D eigenvalue weighted by Gasteiger charge is -2.04. The summed E-state index contributed by atoms with van der Waals surface area (Å²) < 4.78 is 5.67. The summed E-state index contributed by atoms with van der Waals surface area (Å²) in [6.45, 7) is 2.09. The minimum absolute atomic E-state index is 0.252. The Morgan fingerprint density at radius 3 is 2.46 bits per heavy atom. The van der Waals surface area contributed by atoms with Crippen LogP contribution in [0.2, 0.25) is 0 Å². The van der Waals surface area contributed by atoms with Crippen LogP contribution in [0, 0.1) is 6.92 Å². The van der Waals surface area contributed by atoms with Crippen LogP contribution in [0.3, 0.4) is 0 Å². The van der Waals surface area contributed by atoms with Gasteiger partial charge in [0.15, 0.2) is 0 Å². The van der Waals surface area contributed by atoms with Gasteiger partial charge in [0.25, 0.3) is 5.91 Å². The fourth-order valence-corrected chi connectivity index (χ4v) is 3.17. The average molecular weight is 367 g/mol. The predicted octanol–water partition coefficient (Wildman–Crippen LogP) is 3.38. The number of carbonyl (C=O) groups excluding carboxylic acids is 2. The topological polar surface area (TPSA) is 94.3 Å². The van der Waals surface area contributed by atoms with Gasteiger partial charge >= 0.3 is 0 Å². The van der Waals surface area contributed by atoms with Crippen molar-refractivity contribution >= 4 is 28.8 Å². The first-order valence-corrected chi connectivity index (χ1v) is 8.70. The molecule has 132 valence electrons. The van der Waals surface area contributed by atoms with Gasteiger partial charge < -0.3 is 15.8 Å². The molecule has 3 N–H and O–H groups in total. The second-order valence-corrected chi connectivity index (χ2v) is 6.60. The van der Waals surface area contributed by atoms with Crippen molar-refractivity contribution in [2.45, 2.75) is 13.5 Å². The number of hydrogen-bond donors (Lipinski definition) is 2. The third kappa shape index (κ3) is 4.25. The number of aromatic nitrogens is 1. The number of nitrogens with zero attached hydrogens (tertiary/aromatic N) is 1. The minimum atomic E-state index is -0.510. The van der Waals surface area contributed by atoms with Gasteiger partial charge in [0.05, 0.1) is 5.69 Å². The van der Waals surface area contributed by atoms with Crippen LogP contribution < -0.4 is 15.8 Å². The molecule has 3 rings (SSSR count). The smallest absolute Gasteiger partial charge is 0.267 e. The number of nitrogens with two attached hydrogens (primary N) is 1. The molecular weight excluding hydrogens is 350 g/mol. The lowest BCUT2D eigenvalue weighted by Crippen LogP contribution is -2.13. The Morgan fingerprint density at radius 2 is 1.81 bits per heavy atom. The number of amides is 2. The van der Waals surface area contributed by atoms with E-state index in [0.717, 1.165) is 10.8 Å². The first kappa shape index (κ1) is 17.6. The number of carbonyl (C=O) groups is 2. The minimum Gasteiger partial charge on any atom is -0.486 e. The highest BCUT2D eigenvalue weighted by molar-refractivity contribution is 7.13. The van der Waals surface area contributed by atoms with Gasteiger partial charge in [-0.1, -0.05) is 18.2 Å². The summed E-state index contributed by atoms with van der Waals surface area (Å²) in [5.74, 6) is -0.0112. The van der Waals surface area contributed by atoms with E-state index < -0.39 is 5.91 Å². The van der Waals surface area contributed by atoms with Crippen molar-refractivity contribution in [3.8, 4) is 5.75 Å². The highest BCUT2D eigenvalue weighted by atomic mass is 32.1. The van der Waals surface area contributed by atoms with Gasteiger partial charge in [-0.25, -0.2) is 4.98 Å². The van der Waals surface area contributed by atoms with Gasteiger partial charge in [-0.15, -0.1) is 11.3 Å². The molecule has 3 aromatic rings. The maximum atomic E-state index is 12.5. The molecule has 0 unspecified atom stereocenters. The molecular formula is C19H17N3O3S. The second-order valence-electron chi connectivity index (χ2n) is 5.52. The van der Waals surface area contributed by atoms with Crippen LogP contribution in [-0.2, 0) is 6.61 Å². The maximum Gasteiger partial charge on any atom is 0.267 e.